The Morgan fingerprint density at radius 1 is 1.24 bits per heavy atom. The van der Waals surface area contributed by atoms with Crippen molar-refractivity contribution in [2.45, 2.75) is 87.3 Å². The van der Waals surface area contributed by atoms with Crippen molar-refractivity contribution in [2.24, 2.45) is 0 Å². The molecule has 13 heteroatoms. The lowest BCUT2D eigenvalue weighted by Crippen LogP contribution is -2.35. The highest BCUT2D eigenvalue weighted by atomic mass is 32.2. The third-order valence-corrected chi connectivity index (χ3v) is 8.23. The van der Waals surface area contributed by atoms with Crippen LogP contribution in [0.3, 0.4) is 0 Å². The SMILES string of the molecule is CCCSc1nc(N[C@@H]2C[C@H](O)[C@H]3OC(C)(C)O[C@H]32)c([N+](=O)[O-])c(N(C)[C@@H]2C[C@H]2c2ccc(F)c(F)c2)n1. The zero-order valence-electron chi connectivity index (χ0n) is 21.6. The number of ether oxygens (including phenoxy) is 2. The summed E-state index contributed by atoms with van der Waals surface area (Å²) in [5.41, 5.74) is 0.337. The van der Waals surface area contributed by atoms with E-state index in [0.717, 1.165) is 18.2 Å². The Morgan fingerprint density at radius 2 is 1.97 bits per heavy atom. The van der Waals surface area contributed by atoms with Gasteiger partial charge in [-0.1, -0.05) is 24.8 Å². The summed E-state index contributed by atoms with van der Waals surface area (Å²) >= 11 is 1.39. The van der Waals surface area contributed by atoms with Crippen molar-refractivity contribution in [3.05, 3.63) is 45.5 Å². The van der Waals surface area contributed by atoms with Gasteiger partial charge in [0.15, 0.2) is 22.6 Å². The Bertz CT molecular complexity index is 1240. The number of aliphatic hydroxyl groups is 1. The Labute approximate surface area is 223 Å². The number of rotatable bonds is 9. The van der Waals surface area contributed by atoms with Crippen LogP contribution in [0.1, 0.15) is 51.5 Å². The van der Waals surface area contributed by atoms with Crippen molar-refractivity contribution in [1.82, 2.24) is 9.97 Å². The summed E-state index contributed by atoms with van der Waals surface area (Å²) in [6.45, 7) is 5.53. The smallest absolute Gasteiger partial charge is 0.353 e. The molecule has 1 aromatic carbocycles. The molecule has 1 aromatic heterocycles. The fraction of sp³-hybridized carbons (Fsp3) is 0.600. The molecule has 3 fully saturated rings. The van der Waals surface area contributed by atoms with E-state index in [1.807, 2.05) is 6.92 Å². The minimum absolute atomic E-state index is 0.0432. The van der Waals surface area contributed by atoms with E-state index in [2.05, 4.69) is 15.3 Å². The maximum absolute atomic E-state index is 13.8. The zero-order valence-corrected chi connectivity index (χ0v) is 22.4. The van der Waals surface area contributed by atoms with Gasteiger partial charge in [0.1, 0.15) is 12.2 Å². The molecule has 206 valence electrons. The minimum atomic E-state index is -0.924. The maximum Gasteiger partial charge on any atom is 0.353 e. The van der Waals surface area contributed by atoms with Gasteiger partial charge in [0.2, 0.25) is 11.6 Å². The average molecular weight is 552 g/mol. The normalized spacial score (nSPS) is 29.2. The average Bonchev–Trinajstić information content (AvgIpc) is 3.52. The lowest BCUT2D eigenvalue weighted by Gasteiger charge is -2.24. The fourth-order valence-corrected chi connectivity index (χ4v) is 6.03. The lowest BCUT2D eigenvalue weighted by atomic mass is 10.1. The van der Waals surface area contributed by atoms with Crippen molar-refractivity contribution in [3.8, 4) is 0 Å². The molecule has 2 heterocycles. The van der Waals surface area contributed by atoms with Crippen LogP contribution >= 0.6 is 11.8 Å². The van der Waals surface area contributed by atoms with Gasteiger partial charge in [-0.2, -0.15) is 9.97 Å². The summed E-state index contributed by atoms with van der Waals surface area (Å²) in [5, 5.41) is 26.5. The van der Waals surface area contributed by atoms with Crippen LogP contribution in [0, 0.1) is 21.7 Å². The molecular formula is C25H31F2N5O5S. The number of hydrogen-bond acceptors (Lipinski definition) is 10. The Hall–Kier alpha value is -2.61. The van der Waals surface area contributed by atoms with Gasteiger partial charge in [-0.15, -0.1) is 0 Å². The molecule has 0 spiro atoms. The molecule has 2 N–H and O–H groups in total. The molecule has 1 aliphatic heterocycles. The number of aromatic nitrogens is 2. The van der Waals surface area contributed by atoms with E-state index >= 15 is 0 Å². The first-order valence-corrected chi connectivity index (χ1v) is 13.6. The summed E-state index contributed by atoms with van der Waals surface area (Å²) in [6, 6.07) is 3.14. The van der Waals surface area contributed by atoms with Gasteiger partial charge in [-0.05, 0) is 50.8 Å². The molecule has 2 aromatic rings. The fourth-order valence-electron chi connectivity index (χ4n) is 5.33. The van der Waals surface area contributed by atoms with Crippen molar-refractivity contribution >= 4 is 29.1 Å². The van der Waals surface area contributed by atoms with E-state index in [9.17, 15) is 24.0 Å². The molecule has 2 aliphatic carbocycles. The van der Waals surface area contributed by atoms with Gasteiger partial charge in [-0.3, -0.25) is 10.1 Å². The lowest BCUT2D eigenvalue weighted by molar-refractivity contribution is -0.383. The molecule has 3 aliphatic rings. The van der Waals surface area contributed by atoms with E-state index in [0.29, 0.717) is 17.1 Å². The molecule has 0 unspecified atom stereocenters. The van der Waals surface area contributed by atoms with E-state index in [-0.39, 0.29) is 35.7 Å². The number of benzene rings is 1. The molecule has 2 saturated carbocycles. The third-order valence-electron chi connectivity index (χ3n) is 7.18. The first-order valence-electron chi connectivity index (χ1n) is 12.7. The number of fused-ring (bicyclic) bond motifs is 1. The predicted octanol–water partition coefficient (Wildman–Crippen LogP) is 4.22. The van der Waals surface area contributed by atoms with Gasteiger partial charge < -0.3 is 24.8 Å². The van der Waals surface area contributed by atoms with Crippen LogP contribution in [0.5, 0.6) is 0 Å². The molecule has 0 amide bonds. The number of nitrogens with zero attached hydrogens (tertiary/aromatic N) is 4. The number of thioether (sulfide) groups is 1. The van der Waals surface area contributed by atoms with Crippen molar-refractivity contribution in [2.75, 3.05) is 23.0 Å². The molecule has 1 saturated heterocycles. The topological polar surface area (TPSA) is 123 Å². The van der Waals surface area contributed by atoms with E-state index in [1.165, 1.54) is 23.9 Å². The van der Waals surface area contributed by atoms with Crippen LogP contribution in [-0.2, 0) is 9.47 Å². The highest BCUT2D eigenvalue weighted by Crippen LogP contribution is 2.48. The second-order valence-electron chi connectivity index (χ2n) is 10.4. The number of halogens is 2. The van der Waals surface area contributed by atoms with Gasteiger partial charge in [-0.25, -0.2) is 8.78 Å². The number of hydrogen-bond donors (Lipinski definition) is 2. The van der Waals surface area contributed by atoms with Crippen LogP contribution in [0.25, 0.3) is 0 Å². The molecular weight excluding hydrogens is 520 g/mol. The first-order chi connectivity index (χ1) is 18.0. The largest absolute Gasteiger partial charge is 0.390 e. The molecule has 38 heavy (non-hydrogen) atoms. The molecule has 6 atom stereocenters. The maximum atomic E-state index is 13.8. The van der Waals surface area contributed by atoms with Gasteiger partial charge >= 0.3 is 5.69 Å². The van der Waals surface area contributed by atoms with E-state index in [4.69, 9.17) is 9.47 Å². The van der Waals surface area contributed by atoms with E-state index < -0.39 is 46.7 Å². The Morgan fingerprint density at radius 3 is 2.66 bits per heavy atom. The number of nitrogens with one attached hydrogen (secondary N) is 1. The van der Waals surface area contributed by atoms with Gasteiger partial charge in [0.25, 0.3) is 0 Å². The quantitative estimate of drug-likeness (QED) is 0.203. The standard InChI is InChI=1S/C25H31F2N5O5S/c1-5-8-38-24-29-22(28-16-11-18(33)21-20(16)36-25(2,3)37-21)19(32(34)35)23(30-24)31(4)17-10-13(17)12-6-7-14(26)15(27)9-12/h6-7,9,13,16-18,20-21,33H,5,8,10-11H2,1-4H3,(H,28,29,30)/t13-,16+,17+,18-,20-,21+/m0/s1. The number of aliphatic hydroxyl groups excluding tert-OH is 1. The highest BCUT2D eigenvalue weighted by molar-refractivity contribution is 7.99. The number of anilines is 2. The number of nitro groups is 1. The van der Waals surface area contributed by atoms with Crippen molar-refractivity contribution in [1.29, 1.82) is 0 Å². The summed E-state index contributed by atoms with van der Waals surface area (Å²) in [5.74, 6) is -1.95. The monoisotopic (exact) mass is 551 g/mol. The van der Waals surface area contributed by atoms with Crippen LogP contribution in [0.15, 0.2) is 23.4 Å². The van der Waals surface area contributed by atoms with Crippen LogP contribution in [-0.4, -0.2) is 69.0 Å². The molecule has 5 rings (SSSR count). The van der Waals surface area contributed by atoms with Crippen LogP contribution in [0.2, 0.25) is 0 Å². The molecule has 10 nitrogen and oxygen atoms in total. The summed E-state index contributed by atoms with van der Waals surface area (Å²) in [4.78, 5) is 22.6. The van der Waals surface area contributed by atoms with Crippen molar-refractivity contribution in [3.63, 3.8) is 0 Å². The summed E-state index contributed by atoms with van der Waals surface area (Å²) in [7, 11) is 1.71. The van der Waals surface area contributed by atoms with E-state index in [1.54, 1.807) is 25.8 Å². The predicted molar refractivity (Wildman–Crippen MR) is 137 cm³/mol. The van der Waals surface area contributed by atoms with Gasteiger partial charge in [0.05, 0.1) is 17.1 Å². The van der Waals surface area contributed by atoms with Crippen LogP contribution in [0.4, 0.5) is 26.1 Å². The summed E-state index contributed by atoms with van der Waals surface area (Å²) < 4.78 is 39.1. The highest BCUT2D eigenvalue weighted by Gasteiger charge is 2.54. The second kappa shape index (κ2) is 10.2. The van der Waals surface area contributed by atoms with Gasteiger partial charge in [0, 0.05) is 24.8 Å². The number of likely N-dealkylation sites (N-methyl/N-ethyl adjacent to an activating group) is 1. The first kappa shape index (κ1) is 27.0. The summed E-state index contributed by atoms with van der Waals surface area (Å²) in [6.07, 6.45) is -0.109. The molecule has 0 radical (unpaired) electrons. The Kier molecular flexibility index (Phi) is 7.22. The Balaban J connectivity index is 1.47. The molecule has 0 bridgehead atoms. The minimum Gasteiger partial charge on any atom is -0.390 e. The zero-order chi connectivity index (χ0) is 27.4. The van der Waals surface area contributed by atoms with Crippen LogP contribution < -0.4 is 10.2 Å². The third kappa shape index (κ3) is 5.16. The second-order valence-corrected chi connectivity index (χ2v) is 11.5. The van der Waals surface area contributed by atoms with Crippen molar-refractivity contribution < 1.29 is 28.3 Å².